The van der Waals surface area contributed by atoms with Crippen LogP contribution in [0, 0.1) is 0 Å². The number of benzene rings is 2. The lowest BCUT2D eigenvalue weighted by Crippen LogP contribution is -2.69. The van der Waals surface area contributed by atoms with E-state index in [1.54, 1.807) is 31.3 Å². The first-order valence-corrected chi connectivity index (χ1v) is 13.1. The lowest BCUT2D eigenvalue weighted by molar-refractivity contribution is -0.147. The lowest BCUT2D eigenvalue weighted by Gasteiger charge is -2.34. The van der Waals surface area contributed by atoms with Gasteiger partial charge in [0.05, 0.1) is 29.5 Å². The van der Waals surface area contributed by atoms with Gasteiger partial charge in [0.2, 0.25) is 23.4 Å². The van der Waals surface area contributed by atoms with Crippen molar-refractivity contribution in [2.75, 3.05) is 30.8 Å². The minimum absolute atomic E-state index is 0.250. The SMILES string of the molecule is C=CC(=O)NCCNC1C(=O)C(=O)C1NCc1ccc(Nc2ncc(Cl)c(Nc3ccccc3C(=O)NC)n2)cc1. The van der Waals surface area contributed by atoms with E-state index in [4.69, 9.17) is 11.6 Å². The van der Waals surface area contributed by atoms with E-state index >= 15 is 0 Å². The summed E-state index contributed by atoms with van der Waals surface area (Å²) in [5.41, 5.74) is 2.59. The molecule has 212 valence electrons. The molecular weight excluding hydrogens is 548 g/mol. The van der Waals surface area contributed by atoms with Crippen molar-refractivity contribution in [2.24, 2.45) is 0 Å². The predicted molar refractivity (Wildman–Crippen MR) is 156 cm³/mol. The first-order chi connectivity index (χ1) is 19.8. The molecule has 1 heterocycles. The zero-order chi connectivity index (χ0) is 29.4. The first-order valence-electron chi connectivity index (χ1n) is 12.7. The number of anilines is 4. The number of carbonyl (C=O) groups excluding carboxylic acids is 4. The second kappa shape index (κ2) is 13.6. The Morgan fingerprint density at radius 1 is 0.976 bits per heavy atom. The van der Waals surface area contributed by atoms with Crippen LogP contribution in [0.2, 0.25) is 5.02 Å². The highest BCUT2D eigenvalue weighted by molar-refractivity contribution is 6.49. The highest BCUT2D eigenvalue weighted by Crippen LogP contribution is 2.27. The number of aromatic nitrogens is 2. The van der Waals surface area contributed by atoms with Gasteiger partial charge in [0.25, 0.3) is 5.91 Å². The average molecular weight is 577 g/mol. The number of hydrogen-bond donors (Lipinski definition) is 6. The topological polar surface area (TPSA) is 166 Å². The molecule has 6 N–H and O–H groups in total. The Labute approximate surface area is 241 Å². The van der Waals surface area contributed by atoms with E-state index < -0.39 is 23.7 Å². The van der Waals surface area contributed by atoms with E-state index in [1.165, 1.54) is 6.20 Å². The number of para-hydroxylation sites is 1. The number of amides is 2. The molecule has 0 radical (unpaired) electrons. The van der Waals surface area contributed by atoms with Crippen LogP contribution in [0.3, 0.4) is 0 Å². The van der Waals surface area contributed by atoms with Gasteiger partial charge in [0.1, 0.15) is 5.02 Å². The number of carbonyl (C=O) groups is 4. The summed E-state index contributed by atoms with van der Waals surface area (Å²) >= 11 is 6.30. The van der Waals surface area contributed by atoms with Crippen molar-refractivity contribution in [3.05, 3.63) is 83.5 Å². The summed E-state index contributed by atoms with van der Waals surface area (Å²) in [6, 6.07) is 13.1. The van der Waals surface area contributed by atoms with Crippen LogP contribution < -0.4 is 31.9 Å². The molecule has 1 fully saturated rings. The molecule has 1 aliphatic carbocycles. The standard InChI is InChI=1S/C28H29ClN8O4/c1-3-21(38)31-12-13-32-22-23(25(40)24(22)39)33-14-16-8-10-17(11-9-16)35-28-34-15-19(29)26(37-28)36-20-7-5-4-6-18(20)27(41)30-2/h3-11,15,22-23,32-33H,1,12-14H2,2H3,(H,30,41)(H,31,38)(H2,34,35,36,37). The van der Waals surface area contributed by atoms with E-state index in [0.29, 0.717) is 42.4 Å². The zero-order valence-electron chi connectivity index (χ0n) is 22.2. The fourth-order valence-corrected chi connectivity index (χ4v) is 4.19. The van der Waals surface area contributed by atoms with E-state index in [9.17, 15) is 19.2 Å². The summed E-state index contributed by atoms with van der Waals surface area (Å²) < 4.78 is 0. The molecule has 0 bridgehead atoms. The van der Waals surface area contributed by atoms with Gasteiger partial charge in [-0.1, -0.05) is 42.4 Å². The first kappa shape index (κ1) is 29.3. The molecule has 12 nitrogen and oxygen atoms in total. The molecule has 1 aliphatic rings. The molecule has 0 aliphatic heterocycles. The number of rotatable bonds is 13. The van der Waals surface area contributed by atoms with Crippen LogP contribution in [0.4, 0.5) is 23.1 Å². The Kier molecular flexibility index (Phi) is 9.74. The third-order valence-electron chi connectivity index (χ3n) is 6.25. The molecule has 2 atom stereocenters. The van der Waals surface area contributed by atoms with E-state index in [2.05, 4.69) is 48.4 Å². The smallest absolute Gasteiger partial charge is 0.253 e. The minimum atomic E-state index is -0.641. The van der Waals surface area contributed by atoms with Gasteiger partial charge in [0.15, 0.2) is 5.82 Å². The van der Waals surface area contributed by atoms with Gasteiger partial charge in [-0.05, 0) is 35.9 Å². The summed E-state index contributed by atoms with van der Waals surface area (Å²) in [5.74, 6) is -0.896. The molecule has 2 amide bonds. The molecule has 3 aromatic rings. The summed E-state index contributed by atoms with van der Waals surface area (Å²) in [7, 11) is 1.55. The molecule has 0 spiro atoms. The number of hydrogen-bond acceptors (Lipinski definition) is 10. The molecule has 1 aromatic heterocycles. The average Bonchev–Trinajstić information content (AvgIpc) is 3.00. The van der Waals surface area contributed by atoms with Crippen LogP contribution in [0.15, 0.2) is 67.4 Å². The second-order valence-electron chi connectivity index (χ2n) is 8.98. The Balaban J connectivity index is 1.33. The van der Waals surface area contributed by atoms with Gasteiger partial charge in [-0.3, -0.25) is 19.2 Å². The summed E-state index contributed by atoms with van der Waals surface area (Å²) in [4.78, 5) is 56.2. The van der Waals surface area contributed by atoms with Crippen molar-refractivity contribution in [1.29, 1.82) is 0 Å². The van der Waals surface area contributed by atoms with E-state index in [0.717, 1.165) is 11.6 Å². The van der Waals surface area contributed by atoms with Crippen LogP contribution >= 0.6 is 11.6 Å². The number of Topliss-reactive ketones (excluding diaryl/α,β-unsaturated/α-hetero) is 2. The number of ketones is 2. The lowest BCUT2D eigenvalue weighted by atomic mass is 9.83. The fourth-order valence-electron chi connectivity index (χ4n) is 4.05. The third kappa shape index (κ3) is 7.31. The maximum atomic E-state index is 12.2. The van der Waals surface area contributed by atoms with Gasteiger partial charge in [-0.25, -0.2) is 4.98 Å². The van der Waals surface area contributed by atoms with Crippen LogP contribution in [-0.4, -0.2) is 65.6 Å². The molecule has 0 saturated heterocycles. The van der Waals surface area contributed by atoms with Crippen molar-refractivity contribution in [3.8, 4) is 0 Å². The van der Waals surface area contributed by atoms with Crippen molar-refractivity contribution in [1.82, 2.24) is 31.2 Å². The largest absolute Gasteiger partial charge is 0.355 e. The predicted octanol–water partition coefficient (Wildman–Crippen LogP) is 1.85. The summed E-state index contributed by atoms with van der Waals surface area (Å²) in [5, 5.41) is 17.8. The van der Waals surface area contributed by atoms with Crippen molar-refractivity contribution in [3.63, 3.8) is 0 Å². The third-order valence-corrected chi connectivity index (χ3v) is 6.52. The Bertz CT molecular complexity index is 1460. The number of halogens is 1. The van der Waals surface area contributed by atoms with Crippen LogP contribution in [0.5, 0.6) is 0 Å². The van der Waals surface area contributed by atoms with Gasteiger partial charge < -0.3 is 31.9 Å². The molecule has 2 unspecified atom stereocenters. The molecule has 1 saturated carbocycles. The fraction of sp³-hybridized carbons (Fsp3) is 0.214. The van der Waals surface area contributed by atoms with Crippen LogP contribution in [-0.2, 0) is 20.9 Å². The van der Waals surface area contributed by atoms with Gasteiger partial charge in [-0.15, -0.1) is 0 Å². The summed E-state index contributed by atoms with van der Waals surface area (Å²) in [6.45, 7) is 4.39. The molecule has 13 heteroatoms. The molecule has 2 aromatic carbocycles. The van der Waals surface area contributed by atoms with Crippen molar-refractivity contribution < 1.29 is 19.2 Å². The van der Waals surface area contributed by atoms with Gasteiger partial charge in [0, 0.05) is 32.4 Å². The maximum Gasteiger partial charge on any atom is 0.253 e. The van der Waals surface area contributed by atoms with Crippen LogP contribution in [0.25, 0.3) is 0 Å². The Morgan fingerprint density at radius 2 is 1.68 bits per heavy atom. The Morgan fingerprint density at radius 3 is 2.39 bits per heavy atom. The van der Waals surface area contributed by atoms with E-state index in [1.807, 2.05) is 24.3 Å². The number of nitrogens with zero attached hydrogens (tertiary/aromatic N) is 2. The summed E-state index contributed by atoms with van der Waals surface area (Å²) in [6.07, 6.45) is 2.62. The zero-order valence-corrected chi connectivity index (χ0v) is 22.9. The van der Waals surface area contributed by atoms with Gasteiger partial charge in [-0.2, -0.15) is 4.98 Å². The second-order valence-corrected chi connectivity index (χ2v) is 9.38. The maximum absolute atomic E-state index is 12.2. The monoisotopic (exact) mass is 576 g/mol. The van der Waals surface area contributed by atoms with Crippen LogP contribution in [0.1, 0.15) is 15.9 Å². The molecular formula is C28H29ClN8O4. The number of nitrogens with one attached hydrogen (secondary N) is 6. The van der Waals surface area contributed by atoms with E-state index in [-0.39, 0.29) is 22.8 Å². The molecule has 4 rings (SSSR count). The van der Waals surface area contributed by atoms with Crippen molar-refractivity contribution >= 4 is 58.1 Å². The molecule has 41 heavy (non-hydrogen) atoms. The highest BCUT2D eigenvalue weighted by atomic mass is 35.5. The minimum Gasteiger partial charge on any atom is -0.355 e. The van der Waals surface area contributed by atoms with Gasteiger partial charge >= 0.3 is 0 Å². The Hall–Kier alpha value is -4.65. The van der Waals surface area contributed by atoms with Crippen molar-refractivity contribution in [2.45, 2.75) is 18.6 Å². The highest BCUT2D eigenvalue weighted by Gasteiger charge is 2.48. The quantitative estimate of drug-likeness (QED) is 0.100. The normalized spacial score (nSPS) is 16.0.